The Labute approximate surface area is 277 Å². The third-order valence-electron chi connectivity index (χ3n) is 8.63. The minimum atomic E-state index is -0.322. The molecule has 5 rings (SSSR count). The molecule has 8 heteroatoms. The van der Waals surface area contributed by atoms with Crippen molar-refractivity contribution in [3.05, 3.63) is 69.7 Å². The van der Waals surface area contributed by atoms with Crippen molar-refractivity contribution in [1.82, 2.24) is 20.4 Å². The number of rotatable bonds is 12. The lowest BCUT2D eigenvalue weighted by molar-refractivity contribution is -0.138. The van der Waals surface area contributed by atoms with Gasteiger partial charge in [0.1, 0.15) is 5.70 Å². The van der Waals surface area contributed by atoms with Gasteiger partial charge in [0, 0.05) is 53.7 Å². The topological polar surface area (TPSA) is 73.9 Å². The lowest BCUT2D eigenvalue weighted by atomic mass is 9.94. The van der Waals surface area contributed by atoms with E-state index < -0.39 is 0 Å². The van der Waals surface area contributed by atoms with Gasteiger partial charge in [-0.1, -0.05) is 40.7 Å². The van der Waals surface area contributed by atoms with E-state index in [1.807, 2.05) is 60.1 Å². The summed E-state index contributed by atoms with van der Waals surface area (Å²) in [7, 11) is 2.03. The Morgan fingerprint density at radius 2 is 1.82 bits per heavy atom. The summed E-state index contributed by atoms with van der Waals surface area (Å²) in [4.78, 5) is 31.6. The summed E-state index contributed by atoms with van der Waals surface area (Å²) in [6, 6.07) is 0.614. The Morgan fingerprint density at radius 1 is 1.09 bits per heavy atom. The molecule has 45 heavy (non-hydrogen) atoms. The van der Waals surface area contributed by atoms with Crippen LogP contribution >= 0.6 is 11.8 Å². The van der Waals surface area contributed by atoms with E-state index in [1.54, 1.807) is 11.8 Å². The largest absolute Gasteiger partial charge is 0.463 e. The molecule has 0 radical (unpaired) electrons. The first kappa shape index (κ1) is 36.6. The van der Waals surface area contributed by atoms with Crippen LogP contribution in [0.2, 0.25) is 0 Å². The van der Waals surface area contributed by atoms with E-state index in [-0.39, 0.29) is 17.9 Å². The Kier molecular flexibility index (Phi) is 14.9. The van der Waals surface area contributed by atoms with E-state index in [2.05, 4.69) is 51.7 Å². The van der Waals surface area contributed by atoms with Crippen molar-refractivity contribution in [1.29, 1.82) is 0 Å². The zero-order chi connectivity index (χ0) is 32.9. The van der Waals surface area contributed by atoms with Crippen LogP contribution < -0.4 is 10.6 Å². The van der Waals surface area contributed by atoms with Crippen LogP contribution in [-0.2, 0) is 14.3 Å². The Hall–Kier alpha value is -2.87. The zero-order valence-electron chi connectivity index (χ0n) is 29.1. The van der Waals surface area contributed by atoms with E-state index in [9.17, 15) is 9.59 Å². The van der Waals surface area contributed by atoms with Gasteiger partial charge in [0.05, 0.1) is 12.6 Å². The number of carbonyl (C=O) groups is 2. The molecule has 1 saturated heterocycles. The molecule has 2 aliphatic carbocycles. The number of allylic oxidation sites excluding steroid dienone is 6. The monoisotopic (exact) mass is 638 g/mol. The first-order valence-electron chi connectivity index (χ1n) is 17.5. The predicted octanol–water partition coefficient (Wildman–Crippen LogP) is 7.43. The molecule has 0 aromatic rings. The van der Waals surface area contributed by atoms with Crippen molar-refractivity contribution in [2.75, 3.05) is 33.0 Å². The summed E-state index contributed by atoms with van der Waals surface area (Å²) < 4.78 is 5.28. The number of likely N-dealkylation sites (tertiary alicyclic amines) is 1. The minimum Gasteiger partial charge on any atom is -0.463 e. The second kappa shape index (κ2) is 18.3. The van der Waals surface area contributed by atoms with Crippen molar-refractivity contribution in [3.8, 4) is 0 Å². The molecule has 250 valence electrons. The molecule has 2 saturated carbocycles. The summed E-state index contributed by atoms with van der Waals surface area (Å²) in [6.07, 6.45) is 23.6. The standard InChI is InChI=1S/C33H46N4O3S.2C2H6/c1-5-8-26(41-4)19-24(33(39)40-6-2)16-17-34-32(38)31-15-14-30-29(36(31)3)9-7-18-37(30)25-20-27(22-10-11-22)35-28(21-25)23-12-13-23;2*1-2/h8,14-15,19-23,27,29,35H,5-7,9-13,16-18H2,1-4H3,(H,34,38);2*1-2H3/b24-19+,26-8+;;. The number of ether oxygens (including phenoxy) is 1. The van der Waals surface area contributed by atoms with Gasteiger partial charge in [-0.15, -0.1) is 11.8 Å². The quantitative estimate of drug-likeness (QED) is 0.131. The summed E-state index contributed by atoms with van der Waals surface area (Å²) >= 11 is 1.60. The van der Waals surface area contributed by atoms with Gasteiger partial charge in [-0.2, -0.15) is 0 Å². The fourth-order valence-corrected chi connectivity index (χ4v) is 6.66. The highest BCUT2D eigenvalue weighted by atomic mass is 32.2. The van der Waals surface area contributed by atoms with Crippen LogP contribution in [-0.4, -0.2) is 66.8 Å². The smallest absolute Gasteiger partial charge is 0.334 e. The summed E-state index contributed by atoms with van der Waals surface area (Å²) in [6.45, 7) is 13.6. The van der Waals surface area contributed by atoms with Crippen molar-refractivity contribution < 1.29 is 14.3 Å². The van der Waals surface area contributed by atoms with Crippen LogP contribution in [0.15, 0.2) is 69.7 Å². The van der Waals surface area contributed by atoms with Crippen molar-refractivity contribution in [3.63, 3.8) is 0 Å². The lowest BCUT2D eigenvalue weighted by Gasteiger charge is -2.45. The molecule has 2 unspecified atom stereocenters. The number of likely N-dealkylation sites (N-methyl/N-ethyl adjacent to an activating group) is 1. The predicted molar refractivity (Wildman–Crippen MR) is 189 cm³/mol. The molecule has 1 amide bonds. The van der Waals surface area contributed by atoms with Crippen LogP contribution in [0.1, 0.15) is 92.9 Å². The second-order valence-electron chi connectivity index (χ2n) is 11.7. The van der Waals surface area contributed by atoms with Gasteiger partial charge >= 0.3 is 5.97 Å². The van der Waals surface area contributed by atoms with Gasteiger partial charge in [0.2, 0.25) is 0 Å². The summed E-state index contributed by atoms with van der Waals surface area (Å²) in [5.41, 5.74) is 5.28. The molecular formula is C37H58N4O3S. The number of hydrogen-bond acceptors (Lipinski definition) is 7. The van der Waals surface area contributed by atoms with Gasteiger partial charge < -0.3 is 25.2 Å². The normalized spacial score (nSPS) is 22.9. The molecular weight excluding hydrogens is 580 g/mol. The molecule has 0 spiro atoms. The van der Waals surface area contributed by atoms with E-state index in [0.717, 1.165) is 36.6 Å². The highest BCUT2D eigenvalue weighted by Crippen LogP contribution is 2.43. The molecule has 3 fully saturated rings. The molecule has 7 nitrogen and oxygen atoms in total. The highest BCUT2D eigenvalue weighted by molar-refractivity contribution is 8.02. The molecule has 0 aromatic heterocycles. The van der Waals surface area contributed by atoms with E-state index >= 15 is 0 Å². The third kappa shape index (κ3) is 9.81. The molecule has 3 aliphatic heterocycles. The van der Waals surface area contributed by atoms with Crippen LogP contribution in [0, 0.1) is 11.8 Å². The number of thioether (sulfide) groups is 1. The first-order chi connectivity index (χ1) is 21.9. The fourth-order valence-electron chi connectivity index (χ4n) is 6.06. The average molecular weight is 639 g/mol. The van der Waals surface area contributed by atoms with Gasteiger partial charge in [-0.05, 0) is 107 Å². The SMILES string of the molecule is CC.CC.CC/C=C(\C=C(/CCNC(=O)C1=CC=C2C(CCCN2C2=CC(C3CC3)NC(C3CC3)=C2)N1C)C(=O)OCC)SC. The minimum absolute atomic E-state index is 0.108. The fraction of sp³-hybridized carbons (Fsp3) is 0.622. The number of amides is 1. The van der Waals surface area contributed by atoms with Gasteiger partial charge in [0.25, 0.3) is 5.91 Å². The van der Waals surface area contributed by atoms with Crippen LogP contribution in [0.5, 0.6) is 0 Å². The third-order valence-corrected chi connectivity index (χ3v) is 9.38. The number of nitrogens with one attached hydrogen (secondary N) is 2. The first-order valence-corrected chi connectivity index (χ1v) is 18.7. The Balaban J connectivity index is 0.00000133. The maximum absolute atomic E-state index is 13.3. The summed E-state index contributed by atoms with van der Waals surface area (Å²) in [5, 5.41) is 6.89. The van der Waals surface area contributed by atoms with E-state index in [0.29, 0.717) is 42.8 Å². The number of fused-ring (bicyclic) bond motifs is 1. The van der Waals surface area contributed by atoms with E-state index in [4.69, 9.17) is 4.74 Å². The van der Waals surface area contributed by atoms with E-state index in [1.165, 1.54) is 42.8 Å². The summed E-state index contributed by atoms with van der Waals surface area (Å²) in [5.74, 6) is 1.04. The maximum Gasteiger partial charge on any atom is 0.334 e. The molecule has 0 bridgehead atoms. The Bertz CT molecular complexity index is 1210. The van der Waals surface area contributed by atoms with Gasteiger partial charge in [-0.3, -0.25) is 4.79 Å². The van der Waals surface area contributed by atoms with Crippen molar-refractivity contribution in [2.45, 2.75) is 105 Å². The van der Waals surface area contributed by atoms with Crippen molar-refractivity contribution in [2.24, 2.45) is 11.8 Å². The molecule has 2 N–H and O–H groups in total. The van der Waals surface area contributed by atoms with Gasteiger partial charge in [0.15, 0.2) is 0 Å². The number of carbonyl (C=O) groups excluding carboxylic acids is 2. The number of esters is 1. The number of hydrogen-bond donors (Lipinski definition) is 2. The number of piperidine rings is 1. The molecule has 3 heterocycles. The Morgan fingerprint density at radius 3 is 2.44 bits per heavy atom. The van der Waals surface area contributed by atoms with Crippen LogP contribution in [0.3, 0.4) is 0 Å². The van der Waals surface area contributed by atoms with Crippen molar-refractivity contribution >= 4 is 23.6 Å². The van der Waals surface area contributed by atoms with Gasteiger partial charge in [-0.25, -0.2) is 4.79 Å². The molecule has 0 aromatic carbocycles. The average Bonchev–Trinajstić information content (AvgIpc) is 3.99. The van der Waals surface area contributed by atoms with Crippen LogP contribution in [0.25, 0.3) is 0 Å². The molecule has 2 atom stereocenters. The number of dihydropyridines is 1. The zero-order valence-corrected chi connectivity index (χ0v) is 29.9. The molecule has 5 aliphatic rings. The highest BCUT2D eigenvalue weighted by Gasteiger charge is 2.39. The second-order valence-corrected chi connectivity index (χ2v) is 12.5. The lowest BCUT2D eigenvalue weighted by Crippen LogP contribution is -2.48. The number of nitrogens with zero attached hydrogens (tertiary/aromatic N) is 2. The maximum atomic E-state index is 13.3. The van der Waals surface area contributed by atoms with Crippen LogP contribution in [0.4, 0.5) is 0 Å².